The van der Waals surface area contributed by atoms with Crippen LogP contribution in [0.3, 0.4) is 0 Å². The van der Waals surface area contributed by atoms with Gasteiger partial charge in [-0.2, -0.15) is 0 Å². The zero-order chi connectivity index (χ0) is 22.4. The molecule has 8 heteroatoms. The van der Waals surface area contributed by atoms with Gasteiger partial charge in [-0.15, -0.1) is 0 Å². The minimum absolute atomic E-state index is 0.0420. The summed E-state index contributed by atoms with van der Waals surface area (Å²) in [6.07, 6.45) is 2.84. The van der Waals surface area contributed by atoms with Gasteiger partial charge >= 0.3 is 0 Å². The standard InChI is InChI=1S/C23H29NO5S2/c1-15-12-22(16(2)11-21(15)29-3)31(27,28)23-14-30(25,26)13-20(23)24-19-10-6-8-17-7-4-5-9-18(17)19/h4-5,7,9,11-12,19-20,23-24H,6,8,10,13-14H2,1-3H3/t19?,20-,23-/m0/s1. The van der Waals surface area contributed by atoms with Crippen molar-refractivity contribution in [2.45, 2.75) is 55.3 Å². The average Bonchev–Trinajstić information content (AvgIpc) is 3.04. The third-order valence-corrected chi connectivity index (χ3v) is 10.8. The van der Waals surface area contributed by atoms with Crippen LogP contribution in [0.1, 0.15) is 41.1 Å². The molecule has 31 heavy (non-hydrogen) atoms. The van der Waals surface area contributed by atoms with Crippen LogP contribution >= 0.6 is 0 Å². The van der Waals surface area contributed by atoms with E-state index in [0.29, 0.717) is 16.9 Å². The topological polar surface area (TPSA) is 89.5 Å². The lowest BCUT2D eigenvalue weighted by Gasteiger charge is -2.31. The zero-order valence-electron chi connectivity index (χ0n) is 18.1. The van der Waals surface area contributed by atoms with E-state index in [1.165, 1.54) is 5.56 Å². The van der Waals surface area contributed by atoms with Crippen molar-refractivity contribution in [2.24, 2.45) is 0 Å². The van der Waals surface area contributed by atoms with Crippen LogP contribution in [0.15, 0.2) is 41.3 Å². The minimum Gasteiger partial charge on any atom is -0.496 e. The molecule has 1 saturated heterocycles. The van der Waals surface area contributed by atoms with E-state index < -0.39 is 31.0 Å². The molecule has 0 spiro atoms. The highest BCUT2D eigenvalue weighted by molar-refractivity contribution is 7.96. The van der Waals surface area contributed by atoms with Crippen LogP contribution in [-0.2, 0) is 26.1 Å². The fraction of sp³-hybridized carbons (Fsp3) is 0.478. The number of hydrogen-bond donors (Lipinski definition) is 1. The summed E-state index contributed by atoms with van der Waals surface area (Å²) in [5.74, 6) is 0.0966. The van der Waals surface area contributed by atoms with Crippen molar-refractivity contribution in [3.05, 3.63) is 58.7 Å². The highest BCUT2D eigenvalue weighted by Gasteiger charge is 2.47. The molecule has 0 radical (unpaired) electrons. The van der Waals surface area contributed by atoms with Crippen LogP contribution in [0, 0.1) is 13.8 Å². The van der Waals surface area contributed by atoms with Gasteiger partial charge in [-0.25, -0.2) is 16.8 Å². The molecule has 0 aromatic heterocycles. The highest BCUT2D eigenvalue weighted by atomic mass is 32.2. The van der Waals surface area contributed by atoms with Crippen LogP contribution in [0.2, 0.25) is 0 Å². The van der Waals surface area contributed by atoms with Crippen LogP contribution in [-0.4, -0.2) is 46.7 Å². The Balaban J connectivity index is 1.69. The van der Waals surface area contributed by atoms with Gasteiger partial charge in [0.1, 0.15) is 5.75 Å². The maximum Gasteiger partial charge on any atom is 0.184 e. The second-order valence-electron chi connectivity index (χ2n) is 8.66. The number of benzene rings is 2. The van der Waals surface area contributed by atoms with Gasteiger partial charge in [0.15, 0.2) is 19.7 Å². The van der Waals surface area contributed by atoms with Crippen molar-refractivity contribution in [1.29, 1.82) is 0 Å². The van der Waals surface area contributed by atoms with E-state index in [1.54, 1.807) is 33.1 Å². The molecule has 1 fully saturated rings. The number of rotatable bonds is 5. The normalized spacial score (nSPS) is 25.2. The van der Waals surface area contributed by atoms with E-state index in [1.807, 2.05) is 12.1 Å². The summed E-state index contributed by atoms with van der Waals surface area (Å²) in [6.45, 7) is 3.51. The largest absolute Gasteiger partial charge is 0.496 e. The number of methoxy groups -OCH3 is 1. The summed E-state index contributed by atoms with van der Waals surface area (Å²) in [6, 6.07) is 10.7. The highest BCUT2D eigenvalue weighted by Crippen LogP contribution is 2.35. The van der Waals surface area contributed by atoms with Gasteiger partial charge in [0.05, 0.1) is 28.8 Å². The fourth-order valence-corrected chi connectivity index (χ4v) is 9.90. The number of hydrogen-bond acceptors (Lipinski definition) is 6. The molecule has 1 N–H and O–H groups in total. The van der Waals surface area contributed by atoms with Gasteiger partial charge in [-0.1, -0.05) is 24.3 Å². The molecule has 4 rings (SSSR count). The minimum atomic E-state index is -3.86. The summed E-state index contributed by atoms with van der Waals surface area (Å²) in [4.78, 5) is 0.184. The Morgan fingerprint density at radius 2 is 1.81 bits per heavy atom. The fourth-order valence-electron chi connectivity index (χ4n) is 4.91. The summed E-state index contributed by atoms with van der Waals surface area (Å²) in [7, 11) is -5.79. The number of nitrogens with one attached hydrogen (secondary N) is 1. The number of aryl methyl sites for hydroxylation is 3. The molecule has 3 atom stereocenters. The third kappa shape index (κ3) is 4.25. The Labute approximate surface area is 184 Å². The van der Waals surface area contributed by atoms with Crippen molar-refractivity contribution in [3.63, 3.8) is 0 Å². The summed E-state index contributed by atoms with van der Waals surface area (Å²) < 4.78 is 57.7. The van der Waals surface area contributed by atoms with Gasteiger partial charge in [-0.05, 0) is 67.5 Å². The molecule has 1 heterocycles. The van der Waals surface area contributed by atoms with Crippen molar-refractivity contribution in [1.82, 2.24) is 5.32 Å². The molecule has 168 valence electrons. The van der Waals surface area contributed by atoms with Crippen molar-refractivity contribution in [2.75, 3.05) is 18.6 Å². The maximum atomic E-state index is 13.6. The first-order chi connectivity index (χ1) is 14.6. The van der Waals surface area contributed by atoms with E-state index in [0.717, 1.165) is 24.8 Å². The van der Waals surface area contributed by atoms with Crippen molar-refractivity contribution >= 4 is 19.7 Å². The zero-order valence-corrected chi connectivity index (χ0v) is 19.7. The summed E-state index contributed by atoms with van der Waals surface area (Å²) in [5.41, 5.74) is 3.66. The summed E-state index contributed by atoms with van der Waals surface area (Å²) >= 11 is 0. The van der Waals surface area contributed by atoms with Gasteiger partial charge < -0.3 is 10.1 Å². The van der Waals surface area contributed by atoms with Gasteiger partial charge in [-0.3, -0.25) is 0 Å². The molecule has 2 aromatic rings. The van der Waals surface area contributed by atoms with Crippen LogP contribution in [0.25, 0.3) is 0 Å². The van der Waals surface area contributed by atoms with E-state index in [2.05, 4.69) is 17.4 Å². The Morgan fingerprint density at radius 3 is 2.55 bits per heavy atom. The molecular formula is C23H29NO5S2. The van der Waals surface area contributed by atoms with Crippen LogP contribution in [0.5, 0.6) is 5.75 Å². The van der Waals surface area contributed by atoms with Gasteiger partial charge in [0.25, 0.3) is 0 Å². The molecule has 0 saturated carbocycles. The number of ether oxygens (including phenoxy) is 1. The third-order valence-electron chi connectivity index (χ3n) is 6.48. The van der Waals surface area contributed by atoms with E-state index in [4.69, 9.17) is 4.74 Å². The van der Waals surface area contributed by atoms with E-state index >= 15 is 0 Å². The maximum absolute atomic E-state index is 13.6. The number of sulfone groups is 2. The summed E-state index contributed by atoms with van der Waals surface area (Å²) in [5, 5.41) is 2.41. The Hall–Kier alpha value is -1.90. The van der Waals surface area contributed by atoms with E-state index in [9.17, 15) is 16.8 Å². The first-order valence-electron chi connectivity index (χ1n) is 10.6. The Morgan fingerprint density at radius 1 is 1.06 bits per heavy atom. The predicted octanol–water partition coefficient (Wildman–Crippen LogP) is 2.92. The molecule has 2 aromatic carbocycles. The predicted molar refractivity (Wildman–Crippen MR) is 121 cm³/mol. The molecule has 2 aliphatic rings. The lowest BCUT2D eigenvalue weighted by Crippen LogP contribution is -2.45. The first kappa shape index (κ1) is 22.3. The van der Waals surface area contributed by atoms with Crippen LogP contribution in [0.4, 0.5) is 0 Å². The Bertz CT molecular complexity index is 1200. The quantitative estimate of drug-likeness (QED) is 0.733. The smallest absolute Gasteiger partial charge is 0.184 e. The van der Waals surface area contributed by atoms with E-state index in [-0.39, 0.29) is 22.4 Å². The average molecular weight is 464 g/mol. The van der Waals surface area contributed by atoms with Gasteiger partial charge in [0, 0.05) is 12.1 Å². The molecule has 0 amide bonds. The molecular weight excluding hydrogens is 434 g/mol. The second kappa shape index (κ2) is 8.22. The second-order valence-corrected chi connectivity index (χ2v) is 13.0. The molecule has 1 aliphatic heterocycles. The molecule has 6 nitrogen and oxygen atoms in total. The monoisotopic (exact) mass is 463 g/mol. The van der Waals surface area contributed by atoms with Crippen molar-refractivity contribution < 1.29 is 21.6 Å². The van der Waals surface area contributed by atoms with Gasteiger partial charge in [0.2, 0.25) is 0 Å². The SMILES string of the molecule is COc1cc(C)c(S(=O)(=O)[C@H]2CS(=O)(=O)C[C@@H]2NC2CCCc3ccccc32)cc1C. The lowest BCUT2D eigenvalue weighted by molar-refractivity contribution is 0.408. The first-order valence-corrected chi connectivity index (χ1v) is 13.9. The molecule has 1 unspecified atom stereocenters. The van der Waals surface area contributed by atoms with Crippen molar-refractivity contribution in [3.8, 4) is 5.75 Å². The lowest BCUT2D eigenvalue weighted by atomic mass is 9.87. The Kier molecular flexibility index (Phi) is 5.91. The van der Waals surface area contributed by atoms with Crippen LogP contribution < -0.4 is 10.1 Å². The molecule has 0 bridgehead atoms. The molecule has 1 aliphatic carbocycles. The number of fused-ring (bicyclic) bond motifs is 1.